The van der Waals surface area contributed by atoms with Crippen LogP contribution in [0.15, 0.2) is 36.9 Å². The minimum absolute atomic E-state index is 0.0622. The Morgan fingerprint density at radius 3 is 3.00 bits per heavy atom. The van der Waals surface area contributed by atoms with Crippen LogP contribution >= 0.6 is 0 Å². The number of pyridine rings is 1. The van der Waals surface area contributed by atoms with Crippen LogP contribution in [0.4, 0.5) is 9.18 Å². The van der Waals surface area contributed by atoms with Gasteiger partial charge in [-0.1, -0.05) is 0 Å². The van der Waals surface area contributed by atoms with Gasteiger partial charge in [0.25, 0.3) is 0 Å². The van der Waals surface area contributed by atoms with Gasteiger partial charge in [0.05, 0.1) is 6.20 Å². The van der Waals surface area contributed by atoms with Crippen LogP contribution in [0.5, 0.6) is 0 Å². The van der Waals surface area contributed by atoms with Crippen molar-refractivity contribution in [3.05, 3.63) is 42.7 Å². The van der Waals surface area contributed by atoms with Crippen LogP contribution in [-0.2, 0) is 0 Å². The van der Waals surface area contributed by atoms with Crippen LogP contribution in [0.2, 0.25) is 0 Å². The molecule has 1 aliphatic carbocycles. The molecule has 1 fully saturated rings. The molecule has 4 heterocycles. The Balaban J connectivity index is 1.48. The van der Waals surface area contributed by atoms with Crippen molar-refractivity contribution in [2.24, 2.45) is 0 Å². The number of fused-ring (bicyclic) bond motifs is 2. The summed E-state index contributed by atoms with van der Waals surface area (Å²) in [6, 6.07) is 3.77. The number of rotatable bonds is 3. The standard InChI is InChI=1S/C22H24FN7O/c1-29(2)22(31)27-15-4-3-5-16(9-15)30-7-6-13-10-24-20(28-21(13)30)18-12-26-19-17(18)8-14(23)11-25-19/h6-8,10-12,15-16H,3-5,9H2,1-2H3,(H,25,26)(H,27,31)/t15-,16+/m1/s1. The van der Waals surface area contributed by atoms with E-state index >= 15 is 0 Å². The van der Waals surface area contributed by atoms with Crippen molar-refractivity contribution in [1.29, 1.82) is 0 Å². The highest BCUT2D eigenvalue weighted by Gasteiger charge is 2.26. The summed E-state index contributed by atoms with van der Waals surface area (Å²) < 4.78 is 15.9. The van der Waals surface area contributed by atoms with E-state index in [1.54, 1.807) is 31.4 Å². The fourth-order valence-corrected chi connectivity index (χ4v) is 4.38. The second-order valence-electron chi connectivity index (χ2n) is 8.31. The van der Waals surface area contributed by atoms with Gasteiger partial charge in [0.1, 0.15) is 17.1 Å². The molecule has 2 atom stereocenters. The number of nitrogens with zero attached hydrogens (tertiary/aromatic N) is 5. The lowest BCUT2D eigenvalue weighted by molar-refractivity contribution is 0.204. The summed E-state index contributed by atoms with van der Waals surface area (Å²) in [4.78, 5) is 30.1. The highest BCUT2D eigenvalue weighted by atomic mass is 19.1. The van der Waals surface area contributed by atoms with Crippen molar-refractivity contribution in [1.82, 2.24) is 34.7 Å². The van der Waals surface area contributed by atoms with E-state index in [2.05, 4.69) is 24.8 Å². The number of carbonyl (C=O) groups excluding carboxylic acids is 1. The van der Waals surface area contributed by atoms with E-state index in [-0.39, 0.29) is 18.1 Å². The Morgan fingerprint density at radius 2 is 2.16 bits per heavy atom. The highest BCUT2D eigenvalue weighted by molar-refractivity contribution is 5.92. The van der Waals surface area contributed by atoms with Crippen molar-refractivity contribution in [3.8, 4) is 11.4 Å². The van der Waals surface area contributed by atoms with Gasteiger partial charge < -0.3 is 19.8 Å². The summed E-state index contributed by atoms with van der Waals surface area (Å²) in [6.45, 7) is 0. The first kappa shape index (κ1) is 19.5. The molecule has 31 heavy (non-hydrogen) atoms. The van der Waals surface area contributed by atoms with Gasteiger partial charge in [0.2, 0.25) is 0 Å². The number of carbonyl (C=O) groups is 1. The van der Waals surface area contributed by atoms with Crippen LogP contribution in [-0.4, -0.2) is 55.6 Å². The molecule has 0 spiro atoms. The predicted molar refractivity (Wildman–Crippen MR) is 116 cm³/mol. The number of hydrogen-bond donors (Lipinski definition) is 2. The molecule has 0 bridgehead atoms. The van der Waals surface area contributed by atoms with Crippen LogP contribution in [0.1, 0.15) is 31.7 Å². The summed E-state index contributed by atoms with van der Waals surface area (Å²) in [7, 11) is 3.50. The van der Waals surface area contributed by atoms with Crippen LogP contribution < -0.4 is 5.32 Å². The molecule has 160 valence electrons. The van der Waals surface area contributed by atoms with E-state index in [4.69, 9.17) is 4.98 Å². The molecule has 1 aliphatic rings. The lowest BCUT2D eigenvalue weighted by atomic mass is 9.91. The zero-order valence-corrected chi connectivity index (χ0v) is 17.5. The normalized spacial score (nSPS) is 19.1. The maximum atomic E-state index is 13.7. The first-order valence-electron chi connectivity index (χ1n) is 10.4. The predicted octanol–water partition coefficient (Wildman–Crippen LogP) is 3.87. The highest BCUT2D eigenvalue weighted by Crippen LogP contribution is 2.33. The minimum Gasteiger partial charge on any atom is -0.345 e. The molecule has 0 aromatic carbocycles. The fourth-order valence-electron chi connectivity index (χ4n) is 4.38. The molecule has 8 nitrogen and oxygen atoms in total. The monoisotopic (exact) mass is 421 g/mol. The van der Waals surface area contributed by atoms with E-state index in [0.29, 0.717) is 16.9 Å². The molecule has 1 saturated carbocycles. The number of halogens is 1. The molecule has 2 N–H and O–H groups in total. The average Bonchev–Trinajstić information content (AvgIpc) is 3.37. The largest absolute Gasteiger partial charge is 0.345 e. The fraction of sp³-hybridized carbons (Fsp3) is 0.364. The zero-order valence-electron chi connectivity index (χ0n) is 17.5. The number of nitrogens with one attached hydrogen (secondary N) is 2. The number of aromatic amines is 1. The second kappa shape index (κ2) is 7.64. The third-order valence-electron chi connectivity index (χ3n) is 5.97. The topological polar surface area (TPSA) is 91.7 Å². The van der Waals surface area contributed by atoms with Gasteiger partial charge in [-0.3, -0.25) is 0 Å². The van der Waals surface area contributed by atoms with Gasteiger partial charge in [-0.15, -0.1) is 0 Å². The summed E-state index contributed by atoms with van der Waals surface area (Å²) in [5.74, 6) is 0.130. The molecule has 4 aromatic heterocycles. The maximum Gasteiger partial charge on any atom is 0.317 e. The van der Waals surface area contributed by atoms with Crippen molar-refractivity contribution in [3.63, 3.8) is 0 Å². The Hall–Kier alpha value is -3.49. The molecule has 0 aliphatic heterocycles. The Bertz CT molecular complexity index is 1260. The third kappa shape index (κ3) is 3.60. The number of aromatic nitrogens is 5. The van der Waals surface area contributed by atoms with Gasteiger partial charge in [-0.05, 0) is 37.8 Å². The molecular formula is C22H24FN7O. The molecule has 9 heteroatoms. The summed E-state index contributed by atoms with van der Waals surface area (Å²) >= 11 is 0. The van der Waals surface area contributed by atoms with E-state index in [1.807, 2.05) is 12.3 Å². The summed E-state index contributed by atoms with van der Waals surface area (Å²) in [5.41, 5.74) is 2.16. The molecule has 5 rings (SSSR count). The first-order valence-corrected chi connectivity index (χ1v) is 10.4. The number of H-pyrrole nitrogens is 1. The zero-order chi connectivity index (χ0) is 21.5. The number of hydrogen-bond acceptors (Lipinski definition) is 4. The van der Waals surface area contributed by atoms with Crippen LogP contribution in [0.25, 0.3) is 33.5 Å². The molecule has 2 amide bonds. The molecule has 0 radical (unpaired) electrons. The van der Waals surface area contributed by atoms with Gasteiger partial charge in [0.15, 0.2) is 5.82 Å². The van der Waals surface area contributed by atoms with Crippen molar-refractivity contribution in [2.75, 3.05) is 14.1 Å². The quantitative estimate of drug-likeness (QED) is 0.525. The van der Waals surface area contributed by atoms with Crippen molar-refractivity contribution in [2.45, 2.75) is 37.8 Å². The number of amides is 2. The van der Waals surface area contributed by atoms with E-state index in [9.17, 15) is 9.18 Å². The van der Waals surface area contributed by atoms with Gasteiger partial charge in [0, 0.05) is 61.1 Å². The smallest absolute Gasteiger partial charge is 0.317 e. The SMILES string of the molecule is CN(C)C(=O)N[C@@H]1CCC[C@H](n2ccc3cnc(-c4c[nH]c5ncc(F)cc45)nc32)C1. The Morgan fingerprint density at radius 1 is 1.29 bits per heavy atom. The van der Waals surface area contributed by atoms with Crippen molar-refractivity contribution < 1.29 is 9.18 Å². The molecule has 4 aromatic rings. The number of urea groups is 1. The molecular weight excluding hydrogens is 397 g/mol. The third-order valence-corrected chi connectivity index (χ3v) is 5.97. The summed E-state index contributed by atoms with van der Waals surface area (Å²) in [6.07, 6.45) is 10.7. The van der Waals surface area contributed by atoms with E-state index in [1.165, 1.54) is 12.3 Å². The van der Waals surface area contributed by atoms with E-state index in [0.717, 1.165) is 42.3 Å². The van der Waals surface area contributed by atoms with Crippen LogP contribution in [0.3, 0.4) is 0 Å². The Labute approximate surface area is 178 Å². The lowest BCUT2D eigenvalue weighted by Gasteiger charge is -2.31. The first-order chi connectivity index (χ1) is 15.0. The molecule has 0 unspecified atom stereocenters. The minimum atomic E-state index is -0.397. The maximum absolute atomic E-state index is 13.7. The molecule has 0 saturated heterocycles. The average molecular weight is 421 g/mol. The second-order valence-corrected chi connectivity index (χ2v) is 8.31. The van der Waals surface area contributed by atoms with Crippen molar-refractivity contribution >= 4 is 28.1 Å². The van der Waals surface area contributed by atoms with Gasteiger partial charge >= 0.3 is 6.03 Å². The van der Waals surface area contributed by atoms with Gasteiger partial charge in [-0.25, -0.2) is 24.1 Å². The van der Waals surface area contributed by atoms with E-state index < -0.39 is 5.82 Å². The van der Waals surface area contributed by atoms with Gasteiger partial charge in [-0.2, -0.15) is 0 Å². The summed E-state index contributed by atoms with van der Waals surface area (Å²) in [5, 5.41) is 4.72. The lowest BCUT2D eigenvalue weighted by Crippen LogP contribution is -2.43. The Kier molecular flexibility index (Phi) is 4.80. The van der Waals surface area contributed by atoms with Crippen LogP contribution in [0, 0.1) is 5.82 Å².